The molecule has 2 N–H and O–H groups in total. The lowest BCUT2D eigenvalue weighted by Crippen LogP contribution is -2.39. The summed E-state index contributed by atoms with van der Waals surface area (Å²) in [6.07, 6.45) is 2.64. The number of aliphatic hydroxyl groups is 1. The Morgan fingerprint density at radius 3 is 2.60 bits per heavy atom. The highest BCUT2D eigenvalue weighted by molar-refractivity contribution is 5.04. The molecule has 0 saturated heterocycles. The van der Waals surface area contributed by atoms with Crippen LogP contribution in [0.5, 0.6) is 0 Å². The van der Waals surface area contributed by atoms with Crippen molar-refractivity contribution in [2.24, 2.45) is 5.92 Å². The summed E-state index contributed by atoms with van der Waals surface area (Å²) in [6.45, 7) is 6.47. The minimum absolute atomic E-state index is 0.125. The third kappa shape index (κ3) is 3.36. The summed E-state index contributed by atoms with van der Waals surface area (Å²) in [6, 6.07) is 4.18. The second kappa shape index (κ2) is 5.93. The van der Waals surface area contributed by atoms with E-state index in [1.54, 1.807) is 6.26 Å². The van der Waals surface area contributed by atoms with Gasteiger partial charge in [-0.05, 0) is 24.5 Å². The lowest BCUT2D eigenvalue weighted by molar-refractivity contribution is 0.192. The van der Waals surface area contributed by atoms with Crippen molar-refractivity contribution in [3.05, 3.63) is 24.2 Å². The first-order valence-electron chi connectivity index (χ1n) is 5.59. The molecule has 0 aliphatic carbocycles. The molecule has 0 amide bonds. The summed E-state index contributed by atoms with van der Waals surface area (Å²) in [7, 11) is 0. The van der Waals surface area contributed by atoms with Gasteiger partial charge in [-0.25, -0.2) is 0 Å². The molecule has 15 heavy (non-hydrogen) atoms. The smallest absolute Gasteiger partial charge is 0.120 e. The first-order chi connectivity index (χ1) is 7.19. The van der Waals surface area contributed by atoms with Crippen LogP contribution in [-0.2, 0) is 0 Å². The van der Waals surface area contributed by atoms with Crippen LogP contribution < -0.4 is 5.32 Å². The fraction of sp³-hybridized carbons (Fsp3) is 0.667. The van der Waals surface area contributed by atoms with Crippen molar-refractivity contribution >= 4 is 0 Å². The maximum absolute atomic E-state index is 9.25. The summed E-state index contributed by atoms with van der Waals surface area (Å²) in [4.78, 5) is 0. The number of hydrogen-bond acceptors (Lipinski definition) is 3. The van der Waals surface area contributed by atoms with Crippen LogP contribution in [0.2, 0.25) is 0 Å². The normalized spacial score (nSPS) is 15.5. The van der Waals surface area contributed by atoms with Crippen molar-refractivity contribution < 1.29 is 9.52 Å². The topological polar surface area (TPSA) is 45.4 Å². The number of nitrogens with one attached hydrogen (secondary N) is 1. The van der Waals surface area contributed by atoms with Crippen molar-refractivity contribution in [2.45, 2.75) is 39.3 Å². The molecule has 1 unspecified atom stereocenters. The van der Waals surface area contributed by atoms with Crippen LogP contribution in [0.3, 0.4) is 0 Å². The highest BCUT2D eigenvalue weighted by Crippen LogP contribution is 2.18. The molecule has 0 saturated carbocycles. The third-order valence-electron chi connectivity index (χ3n) is 2.71. The lowest BCUT2D eigenvalue weighted by Gasteiger charge is -2.25. The van der Waals surface area contributed by atoms with E-state index in [0.717, 1.165) is 12.2 Å². The molecule has 0 spiro atoms. The fourth-order valence-corrected chi connectivity index (χ4v) is 1.61. The van der Waals surface area contributed by atoms with Crippen LogP contribution in [-0.4, -0.2) is 17.8 Å². The highest BCUT2D eigenvalue weighted by Gasteiger charge is 2.19. The molecule has 0 aliphatic rings. The van der Waals surface area contributed by atoms with E-state index >= 15 is 0 Å². The molecule has 1 aromatic heterocycles. The standard InChI is InChI=1S/C12H21NO2/c1-4-10(12-6-5-7-15-12)13-11(8-14)9(2)3/h5-7,9-11,13-14H,4,8H2,1-3H3/t10?,11-/m1/s1. The number of hydrogen-bond donors (Lipinski definition) is 2. The second-order valence-electron chi connectivity index (χ2n) is 4.18. The molecule has 0 radical (unpaired) electrons. The average molecular weight is 211 g/mol. The van der Waals surface area contributed by atoms with Gasteiger partial charge < -0.3 is 14.8 Å². The summed E-state index contributed by atoms with van der Waals surface area (Å²) in [5.74, 6) is 1.36. The van der Waals surface area contributed by atoms with Crippen molar-refractivity contribution in [2.75, 3.05) is 6.61 Å². The molecule has 3 nitrogen and oxygen atoms in total. The number of furan rings is 1. The lowest BCUT2D eigenvalue weighted by atomic mass is 10.0. The zero-order valence-corrected chi connectivity index (χ0v) is 9.73. The van der Waals surface area contributed by atoms with Gasteiger partial charge in [0.1, 0.15) is 5.76 Å². The van der Waals surface area contributed by atoms with Gasteiger partial charge in [0.25, 0.3) is 0 Å². The van der Waals surface area contributed by atoms with Crippen LogP contribution in [0, 0.1) is 5.92 Å². The Morgan fingerprint density at radius 2 is 2.20 bits per heavy atom. The van der Waals surface area contributed by atoms with Crippen LogP contribution in [0.4, 0.5) is 0 Å². The third-order valence-corrected chi connectivity index (χ3v) is 2.71. The van der Waals surface area contributed by atoms with Gasteiger partial charge in [-0.1, -0.05) is 20.8 Å². The van der Waals surface area contributed by atoms with Gasteiger partial charge in [0, 0.05) is 6.04 Å². The first kappa shape index (κ1) is 12.3. The Morgan fingerprint density at radius 1 is 1.47 bits per heavy atom. The van der Waals surface area contributed by atoms with Gasteiger partial charge in [-0.2, -0.15) is 0 Å². The van der Waals surface area contributed by atoms with E-state index in [1.165, 1.54) is 0 Å². The van der Waals surface area contributed by atoms with E-state index < -0.39 is 0 Å². The van der Waals surface area contributed by atoms with Gasteiger partial charge in [0.15, 0.2) is 0 Å². The molecule has 86 valence electrons. The van der Waals surface area contributed by atoms with Gasteiger partial charge in [-0.15, -0.1) is 0 Å². The van der Waals surface area contributed by atoms with Gasteiger partial charge in [0.05, 0.1) is 18.9 Å². The molecule has 0 aliphatic heterocycles. The Bertz CT molecular complexity index is 257. The van der Waals surface area contributed by atoms with Crippen LogP contribution in [0.25, 0.3) is 0 Å². The fourth-order valence-electron chi connectivity index (χ4n) is 1.61. The summed E-state index contributed by atoms with van der Waals surface area (Å²) >= 11 is 0. The van der Waals surface area contributed by atoms with E-state index in [-0.39, 0.29) is 18.7 Å². The van der Waals surface area contributed by atoms with Crippen molar-refractivity contribution in [3.63, 3.8) is 0 Å². The maximum Gasteiger partial charge on any atom is 0.120 e. The largest absolute Gasteiger partial charge is 0.468 e. The molecular weight excluding hydrogens is 190 g/mol. The van der Waals surface area contributed by atoms with Crippen LogP contribution in [0.15, 0.2) is 22.8 Å². The highest BCUT2D eigenvalue weighted by atomic mass is 16.3. The first-order valence-corrected chi connectivity index (χ1v) is 5.59. The SMILES string of the molecule is CCC(N[C@H](CO)C(C)C)c1ccco1. The maximum atomic E-state index is 9.25. The zero-order chi connectivity index (χ0) is 11.3. The van der Waals surface area contributed by atoms with Crippen LogP contribution in [0.1, 0.15) is 39.0 Å². The Hall–Kier alpha value is -0.800. The predicted molar refractivity (Wildman–Crippen MR) is 60.6 cm³/mol. The van der Waals surface area contributed by atoms with Gasteiger partial charge in [0.2, 0.25) is 0 Å². The minimum Gasteiger partial charge on any atom is -0.468 e. The molecule has 1 heterocycles. The minimum atomic E-state index is 0.125. The van der Waals surface area contributed by atoms with E-state index in [1.807, 2.05) is 12.1 Å². The molecule has 0 fully saturated rings. The van der Waals surface area contributed by atoms with Crippen LogP contribution >= 0.6 is 0 Å². The number of aliphatic hydroxyl groups excluding tert-OH is 1. The average Bonchev–Trinajstić information content (AvgIpc) is 2.72. The zero-order valence-electron chi connectivity index (χ0n) is 9.73. The summed E-state index contributed by atoms with van der Waals surface area (Å²) in [5.41, 5.74) is 0. The molecule has 2 atom stereocenters. The van der Waals surface area contributed by atoms with E-state index in [9.17, 15) is 5.11 Å². The van der Waals surface area contributed by atoms with Crippen molar-refractivity contribution in [1.82, 2.24) is 5.32 Å². The quantitative estimate of drug-likeness (QED) is 0.759. The van der Waals surface area contributed by atoms with Gasteiger partial charge >= 0.3 is 0 Å². The van der Waals surface area contributed by atoms with E-state index in [0.29, 0.717) is 5.92 Å². The van der Waals surface area contributed by atoms with Crippen molar-refractivity contribution in [3.8, 4) is 0 Å². The molecule has 0 bridgehead atoms. The van der Waals surface area contributed by atoms with E-state index in [2.05, 4.69) is 26.1 Å². The Kier molecular flexibility index (Phi) is 4.85. The Labute approximate surface area is 91.5 Å². The van der Waals surface area contributed by atoms with Crippen molar-refractivity contribution in [1.29, 1.82) is 0 Å². The molecule has 1 aromatic rings. The summed E-state index contributed by atoms with van der Waals surface area (Å²) < 4.78 is 5.37. The molecule has 0 aromatic carbocycles. The summed E-state index contributed by atoms with van der Waals surface area (Å²) in [5, 5.41) is 12.7. The Balaban J connectivity index is 2.60. The molecule has 1 rings (SSSR count). The molecule has 3 heteroatoms. The number of rotatable bonds is 6. The molecular formula is C12H21NO2. The van der Waals surface area contributed by atoms with E-state index in [4.69, 9.17) is 4.42 Å². The monoisotopic (exact) mass is 211 g/mol. The van der Waals surface area contributed by atoms with Gasteiger partial charge in [-0.3, -0.25) is 0 Å². The predicted octanol–water partition coefficient (Wildman–Crippen LogP) is 2.34. The second-order valence-corrected chi connectivity index (χ2v) is 4.18.